The summed E-state index contributed by atoms with van der Waals surface area (Å²) in [6.07, 6.45) is 12.8. The van der Waals surface area contributed by atoms with Gasteiger partial charge in [0.05, 0.1) is 5.60 Å². The molecule has 3 fully saturated rings. The van der Waals surface area contributed by atoms with Crippen molar-refractivity contribution in [2.75, 3.05) is 0 Å². The van der Waals surface area contributed by atoms with Crippen molar-refractivity contribution >= 4 is 14.1 Å². The fourth-order valence-corrected chi connectivity index (χ4v) is 9.50. The minimum absolute atomic E-state index is 0.0737. The molecule has 0 saturated heterocycles. The molecule has 0 spiro atoms. The van der Waals surface area contributed by atoms with Crippen LogP contribution in [0.4, 0.5) is 0 Å². The molecule has 0 aliphatic heterocycles. The second-order valence-electron chi connectivity index (χ2n) is 12.5. The molecule has 0 aromatic carbocycles. The van der Waals surface area contributed by atoms with E-state index in [1.54, 1.807) is 0 Å². The molecule has 164 valence electrons. The van der Waals surface area contributed by atoms with Gasteiger partial charge in [-0.3, -0.25) is 4.79 Å². The zero-order chi connectivity index (χ0) is 21.2. The summed E-state index contributed by atoms with van der Waals surface area (Å²) in [6.45, 7) is 17.0. The first-order valence-corrected chi connectivity index (χ1v) is 15.3. The minimum Gasteiger partial charge on any atom is -0.411 e. The van der Waals surface area contributed by atoms with Gasteiger partial charge < -0.3 is 4.43 Å². The van der Waals surface area contributed by atoms with E-state index in [2.05, 4.69) is 47.7 Å². The molecule has 0 bridgehead atoms. The Morgan fingerprint density at radius 3 is 2.45 bits per heavy atom. The highest BCUT2D eigenvalue weighted by Gasteiger charge is 2.64. The Labute approximate surface area is 180 Å². The van der Waals surface area contributed by atoms with E-state index in [9.17, 15) is 4.79 Å². The lowest BCUT2D eigenvalue weighted by Crippen LogP contribution is -2.58. The summed E-state index contributed by atoms with van der Waals surface area (Å²) < 4.78 is 7.36. The average Bonchev–Trinajstić information content (AvgIpc) is 2.92. The van der Waals surface area contributed by atoms with Crippen molar-refractivity contribution in [1.29, 1.82) is 0 Å². The summed E-state index contributed by atoms with van der Waals surface area (Å²) in [5, 5.41) is 0.264. The van der Waals surface area contributed by atoms with Gasteiger partial charge in [-0.05, 0) is 105 Å². The molecule has 4 rings (SSSR count). The first-order chi connectivity index (χ1) is 13.4. The first-order valence-electron chi connectivity index (χ1n) is 12.4. The summed E-state index contributed by atoms with van der Waals surface area (Å²) in [4.78, 5) is 12.0. The van der Waals surface area contributed by atoms with Crippen molar-refractivity contribution in [3.63, 3.8) is 0 Å². The zero-order valence-electron chi connectivity index (χ0n) is 20.1. The highest BCUT2D eigenvalue weighted by atomic mass is 28.4. The third-order valence-corrected chi connectivity index (χ3v) is 14.9. The number of allylic oxidation sites excluding steroid dienone is 1. The molecular weight excluding hydrogens is 372 g/mol. The van der Waals surface area contributed by atoms with Gasteiger partial charge in [0.15, 0.2) is 14.1 Å². The van der Waals surface area contributed by atoms with Crippen LogP contribution in [-0.2, 0) is 9.22 Å². The van der Waals surface area contributed by atoms with Gasteiger partial charge in [0, 0.05) is 6.42 Å². The van der Waals surface area contributed by atoms with Crippen LogP contribution in [0.15, 0.2) is 11.6 Å². The Morgan fingerprint density at radius 2 is 1.79 bits per heavy atom. The number of rotatable bonds is 3. The number of hydrogen-bond acceptors (Lipinski definition) is 2. The number of fused-ring (bicyclic) bond motifs is 5. The molecule has 0 heterocycles. The summed E-state index contributed by atoms with van der Waals surface area (Å²) in [5.41, 5.74) is 1.90. The maximum Gasteiger partial charge on any atom is 0.192 e. The predicted octanol–water partition coefficient (Wildman–Crippen LogP) is 7.30. The third-order valence-electron chi connectivity index (χ3n) is 10.4. The third kappa shape index (κ3) is 3.25. The summed E-state index contributed by atoms with van der Waals surface area (Å²) >= 11 is 0. The van der Waals surface area contributed by atoms with Crippen LogP contribution in [0.2, 0.25) is 18.1 Å². The fourth-order valence-electron chi connectivity index (χ4n) is 7.74. The normalized spacial score (nSPS) is 42.7. The van der Waals surface area contributed by atoms with Crippen LogP contribution in [0.5, 0.6) is 0 Å². The van der Waals surface area contributed by atoms with E-state index < -0.39 is 8.32 Å². The minimum atomic E-state index is -1.81. The van der Waals surface area contributed by atoms with Crippen LogP contribution in [0, 0.1) is 29.1 Å². The number of carbonyl (C=O) groups is 1. The monoisotopic (exact) mass is 416 g/mol. The molecule has 0 radical (unpaired) electrons. The Hall–Kier alpha value is -0.413. The standard InChI is InChI=1S/C26H44O2Si/c1-8-26(28-29(6,7)24(2,3)4)16-14-23-22-11-9-18-17-19(27)10-12-20(18)21(22)13-15-25(23,26)5/h17,20-23H,8-16H2,1-7H3. The summed E-state index contributed by atoms with van der Waals surface area (Å²) in [7, 11) is -1.81. The zero-order valence-corrected chi connectivity index (χ0v) is 21.1. The second-order valence-corrected chi connectivity index (χ2v) is 17.2. The van der Waals surface area contributed by atoms with Crippen LogP contribution in [0.1, 0.15) is 92.4 Å². The average molecular weight is 417 g/mol. The molecule has 3 heteroatoms. The van der Waals surface area contributed by atoms with Crippen molar-refractivity contribution in [1.82, 2.24) is 0 Å². The van der Waals surface area contributed by atoms with Gasteiger partial charge in [-0.15, -0.1) is 0 Å². The largest absolute Gasteiger partial charge is 0.411 e. The summed E-state index contributed by atoms with van der Waals surface area (Å²) in [6, 6.07) is 0. The molecule has 29 heavy (non-hydrogen) atoms. The molecule has 0 aromatic heterocycles. The quantitative estimate of drug-likeness (QED) is 0.451. The van der Waals surface area contributed by atoms with E-state index in [4.69, 9.17) is 4.43 Å². The maximum absolute atomic E-state index is 12.0. The second kappa shape index (κ2) is 7.05. The molecule has 0 N–H and O–H groups in total. The van der Waals surface area contributed by atoms with E-state index in [-0.39, 0.29) is 10.6 Å². The van der Waals surface area contributed by atoms with Crippen LogP contribution in [0.3, 0.4) is 0 Å². The molecule has 0 aromatic rings. The Morgan fingerprint density at radius 1 is 1.07 bits per heavy atom. The van der Waals surface area contributed by atoms with Gasteiger partial charge in [0.25, 0.3) is 0 Å². The smallest absolute Gasteiger partial charge is 0.192 e. The molecule has 6 unspecified atom stereocenters. The summed E-state index contributed by atoms with van der Waals surface area (Å²) in [5.74, 6) is 3.56. The molecule has 2 nitrogen and oxygen atoms in total. The van der Waals surface area contributed by atoms with Crippen molar-refractivity contribution in [3.8, 4) is 0 Å². The Bertz CT molecular complexity index is 702. The number of ketones is 1. The van der Waals surface area contributed by atoms with E-state index in [1.807, 2.05) is 6.08 Å². The number of carbonyl (C=O) groups excluding carboxylic acids is 1. The topological polar surface area (TPSA) is 26.3 Å². The molecule has 6 atom stereocenters. The molecule has 3 saturated carbocycles. The molecule has 4 aliphatic rings. The van der Waals surface area contributed by atoms with Crippen molar-refractivity contribution in [3.05, 3.63) is 11.6 Å². The lowest BCUT2D eigenvalue weighted by molar-refractivity contribution is -0.118. The Balaban J connectivity index is 1.62. The van der Waals surface area contributed by atoms with E-state index >= 15 is 0 Å². The van der Waals surface area contributed by atoms with Crippen LogP contribution in [-0.4, -0.2) is 19.7 Å². The molecule has 0 amide bonds. The highest BCUT2D eigenvalue weighted by molar-refractivity contribution is 6.74. The van der Waals surface area contributed by atoms with Crippen molar-refractivity contribution in [2.45, 2.75) is 116 Å². The Kier molecular flexibility index (Phi) is 5.30. The lowest BCUT2D eigenvalue weighted by atomic mass is 9.50. The van der Waals surface area contributed by atoms with Crippen LogP contribution >= 0.6 is 0 Å². The van der Waals surface area contributed by atoms with Gasteiger partial charge in [-0.1, -0.05) is 40.2 Å². The van der Waals surface area contributed by atoms with Crippen LogP contribution < -0.4 is 0 Å². The van der Waals surface area contributed by atoms with Gasteiger partial charge in [-0.25, -0.2) is 0 Å². The van der Waals surface area contributed by atoms with Gasteiger partial charge in [-0.2, -0.15) is 0 Å². The first kappa shape index (κ1) is 21.8. The van der Waals surface area contributed by atoms with Gasteiger partial charge >= 0.3 is 0 Å². The van der Waals surface area contributed by atoms with E-state index in [0.29, 0.717) is 17.1 Å². The predicted molar refractivity (Wildman–Crippen MR) is 123 cm³/mol. The lowest BCUT2D eigenvalue weighted by Gasteiger charge is -2.58. The number of hydrogen-bond donors (Lipinski definition) is 0. The molecule has 4 aliphatic carbocycles. The highest BCUT2D eigenvalue weighted by Crippen LogP contribution is 2.67. The fraction of sp³-hybridized carbons (Fsp3) is 0.885. The maximum atomic E-state index is 12.0. The van der Waals surface area contributed by atoms with Crippen LogP contribution in [0.25, 0.3) is 0 Å². The van der Waals surface area contributed by atoms with E-state index in [0.717, 1.165) is 37.0 Å². The van der Waals surface area contributed by atoms with E-state index in [1.165, 1.54) is 44.1 Å². The SMILES string of the molecule is CCC1(O[Si](C)(C)C(C)(C)C)CCC2C3CCC4=CC(=O)CCC4C3CCC21C. The molecular formula is C26H44O2Si. The van der Waals surface area contributed by atoms with Gasteiger partial charge in [0.1, 0.15) is 0 Å². The van der Waals surface area contributed by atoms with Crippen molar-refractivity contribution < 1.29 is 9.22 Å². The van der Waals surface area contributed by atoms with Gasteiger partial charge in [0.2, 0.25) is 0 Å². The van der Waals surface area contributed by atoms with Crippen molar-refractivity contribution in [2.24, 2.45) is 29.1 Å².